The van der Waals surface area contributed by atoms with Gasteiger partial charge >= 0.3 is 48.0 Å². The molecule has 12 heterocycles. The van der Waals surface area contributed by atoms with Gasteiger partial charge in [0.05, 0.1) is 110 Å². The molecule has 0 saturated carbocycles. The molecular weight excluding hydrogens is 1380 g/mol. The summed E-state index contributed by atoms with van der Waals surface area (Å²) < 4.78 is 38.5. The van der Waals surface area contributed by atoms with Crippen molar-refractivity contribution >= 4 is 70.4 Å². The van der Waals surface area contributed by atoms with Gasteiger partial charge in [0.1, 0.15) is 12.2 Å². The van der Waals surface area contributed by atoms with Gasteiger partial charge in [-0.25, -0.2) is 18.6 Å². The average Bonchev–Trinajstić information content (AvgIpc) is 1.71. The number of rotatable bonds is 23. The van der Waals surface area contributed by atoms with E-state index in [0.717, 1.165) is 147 Å². The number of hydrogen-bond acceptors (Lipinski definition) is 22. The van der Waals surface area contributed by atoms with E-state index in [1.807, 2.05) is 46.2 Å². The van der Waals surface area contributed by atoms with Gasteiger partial charge in [0, 0.05) is 176 Å². The lowest BCUT2D eigenvalue weighted by atomic mass is 9.84. The lowest BCUT2D eigenvalue weighted by Crippen LogP contribution is -2.49. The molecule has 578 valence electrons. The second-order valence-corrected chi connectivity index (χ2v) is 27.1. The average molecular weight is 1480 g/mol. The molecular formula is C74H102N12O20. The van der Waals surface area contributed by atoms with Gasteiger partial charge in [-0.05, 0) is 104 Å². The first-order valence-electron chi connectivity index (χ1n) is 36.3. The molecule has 0 unspecified atom stereocenters. The van der Waals surface area contributed by atoms with E-state index in [1.165, 1.54) is 0 Å². The number of aromatic nitrogens is 6. The van der Waals surface area contributed by atoms with Crippen LogP contribution in [0.4, 0.5) is 21.0 Å². The highest BCUT2D eigenvalue weighted by Crippen LogP contribution is 2.40. The summed E-state index contributed by atoms with van der Waals surface area (Å²) >= 11 is 0. The Morgan fingerprint density at radius 1 is 0.472 bits per heavy atom. The molecule has 6 saturated heterocycles. The van der Waals surface area contributed by atoms with Crippen LogP contribution in [0.1, 0.15) is 130 Å². The van der Waals surface area contributed by atoms with Gasteiger partial charge < -0.3 is 88.5 Å². The maximum Gasteiger partial charge on any atom is 0.410 e. The lowest BCUT2D eigenvalue weighted by Gasteiger charge is -2.43. The maximum atomic E-state index is 12.6. The number of pyridine rings is 2. The number of fused-ring (bicyclic) bond motifs is 2. The summed E-state index contributed by atoms with van der Waals surface area (Å²) in [5, 5.41) is 56.5. The predicted molar refractivity (Wildman–Crippen MR) is 388 cm³/mol. The number of amides is 2. The smallest absolute Gasteiger partial charge is 0.410 e. The summed E-state index contributed by atoms with van der Waals surface area (Å²) in [7, 11) is 0. The molecule has 2 amide bonds. The Hall–Kier alpha value is -9.60. The van der Waals surface area contributed by atoms with E-state index in [-0.39, 0.29) is 74.1 Å². The molecule has 12 rings (SSSR count). The van der Waals surface area contributed by atoms with Crippen molar-refractivity contribution in [3.05, 3.63) is 96.8 Å². The van der Waals surface area contributed by atoms with Gasteiger partial charge in [-0.2, -0.15) is 10.2 Å². The molecule has 0 radical (unpaired) electrons. The standard InChI is InChI=1S/2C31H42N6O4.3C4H6O4/c2*1-4-40-31(9-12-34(13-10-31)23(2)3)25-5-6-27(32-20-25)24-19-29-28(7-11-33-37(29)21-24)35-14-16-36(17-15-35)30(38)41-26-8-18-39-22-26;3*5-3(6)1-2-4(7)8/h2*5-7,11,19-21,23,26H,4,8-10,12-18,22H2,1-3H3;3*1-2H2,(H,5,6)(H,7,8)/t2*26-;;;/m11.../s1. The summed E-state index contributed by atoms with van der Waals surface area (Å²) in [6.45, 7) is 26.4. The fourth-order valence-corrected chi connectivity index (χ4v) is 13.4. The molecule has 32 nitrogen and oxygen atoms in total. The molecule has 0 aliphatic carbocycles. The number of hydrogen-bond donors (Lipinski definition) is 6. The van der Waals surface area contributed by atoms with Gasteiger partial charge in [0.2, 0.25) is 0 Å². The minimum absolute atomic E-state index is 0.121. The number of nitrogens with zero attached hydrogens (tertiary/aromatic N) is 12. The molecule has 32 heteroatoms. The van der Waals surface area contributed by atoms with Crippen LogP contribution in [0, 0.1) is 0 Å². The SMILES string of the molecule is CCOC1(c2ccc(-c3cc4c(N5CCN(C(=O)O[C@@H]6CCOC6)CC5)ccnn4c3)nc2)CCN(C(C)C)CC1.CCOC1(c2ccc(-c3cc4c(N5CCN(C(=O)O[C@@H]6CCOC6)CC5)ccnn4c3)nc2)CCN(C(C)C)CC1.O=C(O)CCC(=O)O.O=C(O)CCC(=O)O.O=C(O)CCC(=O)O. The Labute approximate surface area is 615 Å². The normalized spacial score (nSPS) is 18.6. The lowest BCUT2D eigenvalue weighted by molar-refractivity contribution is -0.143. The van der Waals surface area contributed by atoms with Crippen LogP contribution in [0.25, 0.3) is 33.5 Å². The van der Waals surface area contributed by atoms with Crippen molar-refractivity contribution < 1.29 is 97.4 Å². The van der Waals surface area contributed by atoms with E-state index in [4.69, 9.17) is 69.0 Å². The van der Waals surface area contributed by atoms with Crippen LogP contribution in [-0.2, 0) is 68.4 Å². The van der Waals surface area contributed by atoms with Crippen LogP contribution < -0.4 is 9.80 Å². The number of piperazine rings is 2. The Bertz CT molecular complexity index is 3530. The van der Waals surface area contributed by atoms with Crippen molar-refractivity contribution in [3.63, 3.8) is 0 Å². The number of anilines is 2. The van der Waals surface area contributed by atoms with Gasteiger partial charge in [-0.1, -0.05) is 12.1 Å². The molecule has 106 heavy (non-hydrogen) atoms. The van der Waals surface area contributed by atoms with Gasteiger partial charge in [-0.15, -0.1) is 0 Å². The van der Waals surface area contributed by atoms with E-state index in [1.54, 1.807) is 9.80 Å². The molecule has 6 aromatic heterocycles. The molecule has 6 aromatic rings. The second-order valence-electron chi connectivity index (χ2n) is 27.1. The fraction of sp³-hybridized carbons (Fsp3) is 0.568. The van der Waals surface area contributed by atoms with Crippen LogP contribution in [-0.4, -0.2) is 270 Å². The summed E-state index contributed by atoms with van der Waals surface area (Å²) in [6.07, 6.45) is 14.7. The van der Waals surface area contributed by atoms with Crippen molar-refractivity contribution in [2.45, 2.75) is 154 Å². The molecule has 6 fully saturated rings. The summed E-state index contributed by atoms with van der Waals surface area (Å²) in [6, 6.07) is 18.1. The first-order chi connectivity index (χ1) is 50.8. The topological polar surface area (TPSA) is 393 Å². The van der Waals surface area contributed by atoms with E-state index in [2.05, 4.69) is 120 Å². The largest absolute Gasteiger partial charge is 0.481 e. The zero-order valence-corrected chi connectivity index (χ0v) is 61.4. The fourth-order valence-electron chi connectivity index (χ4n) is 13.4. The highest BCUT2D eigenvalue weighted by Gasteiger charge is 2.40. The third kappa shape index (κ3) is 23.4. The third-order valence-electron chi connectivity index (χ3n) is 19.4. The second kappa shape index (κ2) is 39.7. The zero-order valence-electron chi connectivity index (χ0n) is 61.4. The predicted octanol–water partition coefficient (Wildman–Crippen LogP) is 8.17. The summed E-state index contributed by atoms with van der Waals surface area (Å²) in [4.78, 5) is 106. The Balaban J connectivity index is 0.000000205. The highest BCUT2D eigenvalue weighted by molar-refractivity contribution is 5.81. The van der Waals surface area contributed by atoms with Gasteiger partial charge in [0.25, 0.3) is 0 Å². The van der Waals surface area contributed by atoms with Crippen LogP contribution in [0.15, 0.2) is 85.7 Å². The van der Waals surface area contributed by atoms with Crippen molar-refractivity contribution in [2.75, 3.05) is 128 Å². The maximum absolute atomic E-state index is 12.6. The van der Waals surface area contributed by atoms with E-state index in [9.17, 15) is 38.4 Å². The zero-order chi connectivity index (χ0) is 76.5. The van der Waals surface area contributed by atoms with Crippen molar-refractivity contribution in [3.8, 4) is 22.5 Å². The Kier molecular flexibility index (Phi) is 30.7. The number of likely N-dealkylation sites (tertiary alicyclic amines) is 2. The Morgan fingerprint density at radius 3 is 1.07 bits per heavy atom. The van der Waals surface area contributed by atoms with E-state index in [0.29, 0.717) is 77.9 Å². The quantitative estimate of drug-likeness (QED) is 0.0352. The number of ether oxygens (including phenoxy) is 6. The van der Waals surface area contributed by atoms with E-state index < -0.39 is 35.8 Å². The number of carboxylic acid groups (broad SMARTS) is 6. The number of carbonyl (C=O) groups is 8. The van der Waals surface area contributed by atoms with Crippen molar-refractivity contribution in [1.82, 2.24) is 48.8 Å². The minimum atomic E-state index is -1.08. The number of piperidine rings is 2. The molecule has 6 aliphatic rings. The van der Waals surface area contributed by atoms with Crippen LogP contribution in [0.3, 0.4) is 0 Å². The molecule has 0 aromatic carbocycles. The molecule has 2 atom stereocenters. The van der Waals surface area contributed by atoms with Crippen molar-refractivity contribution in [1.29, 1.82) is 0 Å². The molecule has 0 spiro atoms. The van der Waals surface area contributed by atoms with Crippen molar-refractivity contribution in [2.24, 2.45) is 0 Å². The third-order valence-corrected chi connectivity index (χ3v) is 19.4. The van der Waals surface area contributed by atoms with E-state index >= 15 is 0 Å². The first-order valence-corrected chi connectivity index (χ1v) is 36.3. The number of carbonyl (C=O) groups excluding carboxylic acids is 2. The minimum Gasteiger partial charge on any atom is -0.481 e. The van der Waals surface area contributed by atoms with Crippen LogP contribution >= 0.6 is 0 Å². The summed E-state index contributed by atoms with van der Waals surface area (Å²) in [5.74, 6) is -6.46. The monoisotopic (exact) mass is 1480 g/mol. The molecule has 0 bridgehead atoms. The highest BCUT2D eigenvalue weighted by atomic mass is 16.6. The molecule has 6 aliphatic heterocycles. The van der Waals surface area contributed by atoms with Gasteiger partial charge in [-0.3, -0.25) is 38.7 Å². The van der Waals surface area contributed by atoms with Crippen LogP contribution in [0.2, 0.25) is 0 Å². The summed E-state index contributed by atoms with van der Waals surface area (Å²) in [5.41, 5.74) is 9.92. The Morgan fingerprint density at radius 2 is 0.802 bits per heavy atom. The van der Waals surface area contributed by atoms with Crippen LogP contribution in [0.5, 0.6) is 0 Å². The number of carboxylic acids is 6. The number of aliphatic carboxylic acids is 6. The first kappa shape index (κ1) is 82.1. The molecule has 6 N–H and O–H groups in total. The van der Waals surface area contributed by atoms with Gasteiger partial charge in [0.15, 0.2) is 0 Å².